The highest BCUT2D eigenvalue weighted by Crippen LogP contribution is 2.55. The largest absolute Gasteiger partial charge is 0.460 e. The third kappa shape index (κ3) is 7.39. The van der Waals surface area contributed by atoms with Crippen molar-refractivity contribution in [3.05, 3.63) is 0 Å². The Balaban J connectivity index is 4.84. The molecular weight excluding hydrogens is 582 g/mol. The van der Waals surface area contributed by atoms with Gasteiger partial charge < -0.3 is 14.2 Å². The first-order valence-corrected chi connectivity index (χ1v) is 9.22. The molecule has 0 fully saturated rings. The van der Waals surface area contributed by atoms with E-state index < -0.39 is 93.3 Å². The lowest BCUT2D eigenvalue weighted by molar-refractivity contribution is -0.397. The van der Waals surface area contributed by atoms with Crippen molar-refractivity contribution in [1.82, 2.24) is 0 Å². The molecule has 37 heavy (non-hydrogen) atoms. The van der Waals surface area contributed by atoms with Gasteiger partial charge in [0, 0.05) is 20.0 Å². The second kappa shape index (κ2) is 11.4. The molecule has 0 atom stereocenters. The Kier molecular flexibility index (Phi) is 11.0. The molecule has 0 aliphatic rings. The van der Waals surface area contributed by atoms with Crippen molar-refractivity contribution in [2.45, 2.75) is 66.8 Å². The van der Waals surface area contributed by atoms with Gasteiger partial charge in [-0.15, -0.1) is 0 Å². The molecule has 21 heteroatoms. The van der Waals surface area contributed by atoms with Gasteiger partial charge in [-0.1, -0.05) is 0 Å². The topological polar surface area (TPSA) is 27.7 Å². The van der Waals surface area contributed by atoms with Gasteiger partial charge in [-0.05, 0) is 0 Å². The highest BCUT2D eigenvalue weighted by Gasteiger charge is 2.82. The van der Waals surface area contributed by atoms with E-state index in [9.17, 15) is 79.0 Å². The minimum absolute atomic E-state index is 0.774. The van der Waals surface area contributed by atoms with E-state index in [0.717, 1.165) is 7.11 Å². The minimum atomic E-state index is -7.13. The van der Waals surface area contributed by atoms with Crippen LogP contribution in [0.3, 0.4) is 0 Å². The van der Waals surface area contributed by atoms with Gasteiger partial charge in [0.2, 0.25) is 0 Å². The average Bonchev–Trinajstić information content (AvgIpc) is 2.70. The van der Waals surface area contributed by atoms with E-state index in [4.69, 9.17) is 0 Å². The molecule has 0 aliphatic heterocycles. The summed E-state index contributed by atoms with van der Waals surface area (Å²) in [6.07, 6.45) is -20.4. The van der Waals surface area contributed by atoms with Crippen molar-refractivity contribution >= 4 is 0 Å². The van der Waals surface area contributed by atoms with Gasteiger partial charge in [0.1, 0.15) is 6.10 Å². The molecule has 0 amide bonds. The van der Waals surface area contributed by atoms with Crippen molar-refractivity contribution in [2.75, 3.05) is 33.5 Å². The van der Waals surface area contributed by atoms with Crippen molar-refractivity contribution in [2.24, 2.45) is 0 Å². The van der Waals surface area contributed by atoms with Gasteiger partial charge in [0.25, 0.3) is 0 Å². The molecule has 0 bridgehead atoms. The number of ether oxygens (including phenoxy) is 3. The normalized spacial score (nSPS) is 15.6. The molecule has 0 saturated heterocycles. The molecule has 3 nitrogen and oxygen atoms in total. The Morgan fingerprint density at radius 3 is 0.946 bits per heavy atom. The van der Waals surface area contributed by atoms with Crippen LogP contribution in [-0.2, 0) is 14.2 Å². The SMILES string of the molecule is COC(COCCC(F)(F)C(F)(F)C(F)(F)C(F)(F)F)COCCC(F)(F)C(F)(F)C(F)(F)C(F)(F)F. The van der Waals surface area contributed by atoms with E-state index in [2.05, 4.69) is 14.2 Å². The van der Waals surface area contributed by atoms with Crippen LogP contribution < -0.4 is 0 Å². The van der Waals surface area contributed by atoms with Crippen LogP contribution >= 0.6 is 0 Å². The van der Waals surface area contributed by atoms with Crippen LogP contribution in [0.4, 0.5) is 79.0 Å². The summed E-state index contributed by atoms with van der Waals surface area (Å²) in [5, 5.41) is 0. The number of methoxy groups -OCH3 is 1. The maximum atomic E-state index is 13.3. The lowest BCUT2D eigenvalue weighted by Gasteiger charge is -2.33. The molecule has 0 unspecified atom stereocenters. The number of alkyl halides is 18. The Morgan fingerprint density at radius 2 is 0.730 bits per heavy atom. The molecule has 0 aromatic rings. The highest BCUT2D eigenvalue weighted by molar-refractivity contribution is 5.01. The predicted octanol–water partition coefficient (Wildman–Crippen LogP) is 6.75. The molecule has 0 N–H and O–H groups in total. The maximum absolute atomic E-state index is 13.3. The molecule has 0 aromatic carbocycles. The summed E-state index contributed by atoms with van der Waals surface area (Å²) in [5.41, 5.74) is 0. The predicted molar refractivity (Wildman–Crippen MR) is 83.5 cm³/mol. The Hall–Kier alpha value is -1.38. The summed E-state index contributed by atoms with van der Waals surface area (Å²) in [5.74, 6) is -40.0. The standard InChI is InChI=1S/C16H16F18O3/c1-35-8(6-36-4-2-9(17,18)11(21,22)13(25,26)15(29,30)31)7-37-5-3-10(19,20)12(23,24)14(27,28)16(32,33)34/h8H,2-7H2,1H3. The Morgan fingerprint density at radius 1 is 0.459 bits per heavy atom. The minimum Gasteiger partial charge on any atom is -0.378 e. The van der Waals surface area contributed by atoms with Crippen LogP contribution in [-0.4, -0.2) is 87.5 Å². The second-order valence-electron chi connectivity index (χ2n) is 7.21. The Bertz CT molecular complexity index is 657. The van der Waals surface area contributed by atoms with Gasteiger partial charge >= 0.3 is 47.9 Å². The van der Waals surface area contributed by atoms with E-state index in [1.807, 2.05) is 0 Å². The zero-order valence-corrected chi connectivity index (χ0v) is 17.8. The first kappa shape index (κ1) is 35.6. The molecule has 224 valence electrons. The number of hydrogen-bond acceptors (Lipinski definition) is 3. The van der Waals surface area contributed by atoms with Crippen LogP contribution in [0.1, 0.15) is 12.8 Å². The van der Waals surface area contributed by atoms with E-state index in [1.54, 1.807) is 0 Å². The molecule has 0 spiro atoms. The zero-order chi connectivity index (χ0) is 29.9. The van der Waals surface area contributed by atoms with E-state index >= 15 is 0 Å². The monoisotopic (exact) mass is 598 g/mol. The third-order valence-corrected chi connectivity index (χ3v) is 4.48. The number of hydrogen-bond donors (Lipinski definition) is 0. The number of halogens is 18. The Labute approximate surface area is 195 Å². The number of rotatable bonds is 15. The fourth-order valence-electron chi connectivity index (χ4n) is 2.14. The molecule has 0 rings (SSSR count). The molecule has 0 aromatic heterocycles. The summed E-state index contributed by atoms with van der Waals surface area (Å²) in [6.45, 7) is -5.25. The fourth-order valence-corrected chi connectivity index (χ4v) is 2.14. The highest BCUT2D eigenvalue weighted by atomic mass is 19.4. The van der Waals surface area contributed by atoms with Crippen molar-refractivity contribution in [3.8, 4) is 0 Å². The quantitative estimate of drug-likeness (QED) is 0.154. The lowest BCUT2D eigenvalue weighted by atomic mass is 10.0. The van der Waals surface area contributed by atoms with Gasteiger partial charge in [0.15, 0.2) is 0 Å². The van der Waals surface area contributed by atoms with Gasteiger partial charge in [-0.2, -0.15) is 79.0 Å². The summed E-state index contributed by atoms with van der Waals surface area (Å²) >= 11 is 0. The van der Waals surface area contributed by atoms with Gasteiger partial charge in [0.05, 0.1) is 26.4 Å². The molecule has 0 heterocycles. The zero-order valence-electron chi connectivity index (χ0n) is 17.8. The van der Waals surface area contributed by atoms with Crippen LogP contribution in [0.25, 0.3) is 0 Å². The summed E-state index contributed by atoms with van der Waals surface area (Å²) in [6, 6.07) is 0. The van der Waals surface area contributed by atoms with Crippen LogP contribution in [0, 0.1) is 0 Å². The summed E-state index contributed by atoms with van der Waals surface area (Å²) < 4.78 is 242. The van der Waals surface area contributed by atoms with E-state index in [-0.39, 0.29) is 0 Å². The first-order chi connectivity index (χ1) is 16.1. The van der Waals surface area contributed by atoms with Gasteiger partial charge in [-0.25, -0.2) is 0 Å². The van der Waals surface area contributed by atoms with Crippen molar-refractivity contribution in [1.29, 1.82) is 0 Å². The second-order valence-corrected chi connectivity index (χ2v) is 7.21. The molecular formula is C16H16F18O3. The molecule has 0 radical (unpaired) electrons. The van der Waals surface area contributed by atoms with Crippen molar-refractivity contribution in [3.63, 3.8) is 0 Å². The summed E-state index contributed by atoms with van der Waals surface area (Å²) in [7, 11) is 0.774. The fraction of sp³-hybridized carbons (Fsp3) is 1.00. The van der Waals surface area contributed by atoms with E-state index in [0.29, 0.717) is 0 Å². The molecule has 0 saturated carbocycles. The van der Waals surface area contributed by atoms with Crippen molar-refractivity contribution < 1.29 is 93.2 Å². The van der Waals surface area contributed by atoms with Gasteiger partial charge in [-0.3, -0.25) is 0 Å². The third-order valence-electron chi connectivity index (χ3n) is 4.48. The van der Waals surface area contributed by atoms with Crippen LogP contribution in [0.15, 0.2) is 0 Å². The molecule has 0 aliphatic carbocycles. The van der Waals surface area contributed by atoms with E-state index in [1.165, 1.54) is 0 Å². The smallest absolute Gasteiger partial charge is 0.378 e. The summed E-state index contributed by atoms with van der Waals surface area (Å²) in [4.78, 5) is 0. The first-order valence-electron chi connectivity index (χ1n) is 9.22. The van der Waals surface area contributed by atoms with Crippen LogP contribution in [0.2, 0.25) is 0 Å². The average molecular weight is 598 g/mol. The van der Waals surface area contributed by atoms with Crippen LogP contribution in [0.5, 0.6) is 0 Å². The maximum Gasteiger partial charge on any atom is 0.460 e. The lowest BCUT2D eigenvalue weighted by Crippen LogP contribution is -2.61.